The molecule has 1 N–H and O–H groups in total. The Morgan fingerprint density at radius 3 is 2.94 bits per heavy atom. The molecule has 16 heavy (non-hydrogen) atoms. The van der Waals surface area contributed by atoms with E-state index in [9.17, 15) is 0 Å². The van der Waals surface area contributed by atoms with Crippen LogP contribution in [0, 0.1) is 10.4 Å². The summed E-state index contributed by atoms with van der Waals surface area (Å²) < 4.78 is 0. The molecule has 2 aliphatic rings. The first-order chi connectivity index (χ1) is 7.93. The third kappa shape index (κ3) is 0.890. The van der Waals surface area contributed by atoms with Gasteiger partial charge in [-0.1, -0.05) is 36.4 Å². The average Bonchev–Trinajstić information content (AvgIpc) is 2.92. The molecule has 0 bridgehead atoms. The Kier molecular flexibility index (Phi) is 1.38. The molecule has 0 saturated carbocycles. The van der Waals surface area contributed by atoms with Gasteiger partial charge in [0.2, 0.25) is 0 Å². The highest BCUT2D eigenvalue weighted by Gasteiger charge is 2.12. The lowest BCUT2D eigenvalue weighted by Crippen LogP contribution is -2.00. The molecule has 0 atom stereocenters. The first-order valence-electron chi connectivity index (χ1n) is 5.49. The van der Waals surface area contributed by atoms with E-state index in [-0.39, 0.29) is 0 Å². The fourth-order valence-electron chi connectivity index (χ4n) is 2.48. The molecular formula is C14H10N2. The van der Waals surface area contributed by atoms with Crippen molar-refractivity contribution in [3.8, 4) is 0 Å². The van der Waals surface area contributed by atoms with Gasteiger partial charge in [-0.25, -0.2) is 4.99 Å². The van der Waals surface area contributed by atoms with Crippen molar-refractivity contribution in [1.82, 2.24) is 0 Å². The maximum absolute atomic E-state index is 4.70. The Morgan fingerprint density at radius 2 is 1.94 bits per heavy atom. The third-order valence-electron chi connectivity index (χ3n) is 3.24. The van der Waals surface area contributed by atoms with Gasteiger partial charge in [-0.15, -0.1) is 0 Å². The Labute approximate surface area is 92.3 Å². The largest absolute Gasteiger partial charge is 0.379 e. The molecule has 0 aromatic heterocycles. The predicted molar refractivity (Wildman–Crippen MR) is 64.0 cm³/mol. The van der Waals surface area contributed by atoms with Crippen molar-refractivity contribution >= 4 is 17.5 Å². The minimum atomic E-state index is 0.914. The number of nitrogens with one attached hydrogen (secondary N) is 1. The normalized spacial score (nSPS) is 14.2. The van der Waals surface area contributed by atoms with Gasteiger partial charge in [0.15, 0.2) is 0 Å². The zero-order valence-electron chi connectivity index (χ0n) is 8.70. The standard InChI is InChI=1S/C14H10N2/c1-2-4-12-10(3-1)11-6-5-9-7-8-15-13(9)14(11)16-12/h1-7,15H,8H2. The van der Waals surface area contributed by atoms with Crippen molar-refractivity contribution in [3.05, 3.63) is 57.4 Å². The Hall–Kier alpha value is -2.09. The van der Waals surface area contributed by atoms with Crippen LogP contribution < -0.4 is 15.9 Å². The number of hydrogen-bond donors (Lipinski definition) is 1. The van der Waals surface area contributed by atoms with E-state index < -0.39 is 0 Å². The second kappa shape index (κ2) is 2.73. The van der Waals surface area contributed by atoms with Crippen molar-refractivity contribution < 1.29 is 0 Å². The summed E-state index contributed by atoms with van der Waals surface area (Å²) >= 11 is 0. The molecule has 2 nitrogen and oxygen atoms in total. The highest BCUT2D eigenvalue weighted by molar-refractivity contribution is 5.73. The van der Waals surface area contributed by atoms with E-state index in [1.807, 2.05) is 6.07 Å². The number of hydrogen-bond acceptors (Lipinski definition) is 2. The monoisotopic (exact) mass is 206 g/mol. The average molecular weight is 206 g/mol. The van der Waals surface area contributed by atoms with Gasteiger partial charge in [0.1, 0.15) is 0 Å². The van der Waals surface area contributed by atoms with Crippen LogP contribution in [0.15, 0.2) is 41.4 Å². The third-order valence-corrected chi connectivity index (χ3v) is 3.24. The van der Waals surface area contributed by atoms with E-state index in [0.29, 0.717) is 0 Å². The van der Waals surface area contributed by atoms with Crippen LogP contribution in [0.25, 0.3) is 6.08 Å². The summed E-state index contributed by atoms with van der Waals surface area (Å²) in [5.41, 5.74) is 2.29. The Balaban J connectivity index is 2.31. The first kappa shape index (κ1) is 8.11. The molecule has 0 spiro atoms. The number of nitrogens with zero attached hydrogens (tertiary/aromatic N) is 1. The molecule has 0 unspecified atom stereocenters. The van der Waals surface area contributed by atoms with Crippen LogP contribution in [0.3, 0.4) is 0 Å². The van der Waals surface area contributed by atoms with Crippen molar-refractivity contribution in [2.45, 2.75) is 0 Å². The maximum atomic E-state index is 4.70. The zero-order chi connectivity index (χ0) is 10.5. The lowest BCUT2D eigenvalue weighted by atomic mass is 10.1. The molecule has 0 fully saturated rings. The van der Waals surface area contributed by atoms with E-state index >= 15 is 0 Å². The number of fused-ring (bicyclic) bond motifs is 4. The van der Waals surface area contributed by atoms with Crippen molar-refractivity contribution in [2.24, 2.45) is 4.99 Å². The molecule has 2 aromatic rings. The van der Waals surface area contributed by atoms with E-state index in [1.165, 1.54) is 21.3 Å². The van der Waals surface area contributed by atoms with Crippen LogP contribution in [-0.2, 0) is 0 Å². The van der Waals surface area contributed by atoms with E-state index in [1.54, 1.807) is 0 Å². The topological polar surface area (TPSA) is 24.4 Å². The van der Waals surface area contributed by atoms with Crippen LogP contribution in [0.4, 0.5) is 11.4 Å². The van der Waals surface area contributed by atoms with Gasteiger partial charge in [0.05, 0.1) is 16.7 Å². The van der Waals surface area contributed by atoms with Crippen molar-refractivity contribution in [3.63, 3.8) is 0 Å². The molecule has 0 aliphatic carbocycles. The molecule has 2 aliphatic heterocycles. The van der Waals surface area contributed by atoms with Gasteiger partial charge in [-0.2, -0.15) is 0 Å². The summed E-state index contributed by atoms with van der Waals surface area (Å²) in [4.78, 5) is 4.70. The Morgan fingerprint density at radius 1 is 1.00 bits per heavy atom. The summed E-state index contributed by atoms with van der Waals surface area (Å²) in [5, 5.41) is 8.23. The van der Waals surface area contributed by atoms with Gasteiger partial charge >= 0.3 is 0 Å². The van der Waals surface area contributed by atoms with Crippen LogP contribution in [-0.4, -0.2) is 6.54 Å². The molecular weight excluding hydrogens is 196 g/mol. The quantitative estimate of drug-likeness (QED) is 0.591. The zero-order valence-corrected chi connectivity index (χ0v) is 8.70. The first-order valence-corrected chi connectivity index (χ1v) is 5.49. The van der Waals surface area contributed by atoms with Gasteiger partial charge in [0, 0.05) is 17.0 Å². The second-order valence-corrected chi connectivity index (χ2v) is 4.14. The summed E-state index contributed by atoms with van der Waals surface area (Å²) in [6.07, 6.45) is 2.20. The fourth-order valence-corrected chi connectivity index (χ4v) is 2.48. The second-order valence-electron chi connectivity index (χ2n) is 4.14. The van der Waals surface area contributed by atoms with Gasteiger partial charge in [0.25, 0.3) is 0 Å². The highest BCUT2D eigenvalue weighted by atomic mass is 14.9. The summed E-state index contributed by atoms with van der Waals surface area (Å²) in [6.45, 7) is 0.914. The van der Waals surface area contributed by atoms with Crippen LogP contribution in [0.1, 0.15) is 0 Å². The summed E-state index contributed by atoms with van der Waals surface area (Å²) in [5.74, 6) is 0. The molecule has 2 heterocycles. The SMILES string of the molecule is C1=c2ccc3c(c2NC1)N=c1ccccc1=3. The van der Waals surface area contributed by atoms with Crippen LogP contribution in [0.5, 0.6) is 0 Å². The van der Waals surface area contributed by atoms with Gasteiger partial charge in [-0.05, 0) is 11.3 Å². The van der Waals surface area contributed by atoms with Crippen molar-refractivity contribution in [2.75, 3.05) is 11.9 Å². The molecule has 0 saturated heterocycles. The molecule has 0 amide bonds. The van der Waals surface area contributed by atoms with Crippen LogP contribution in [0.2, 0.25) is 0 Å². The number of para-hydroxylation sites is 1. The molecule has 4 rings (SSSR count). The minimum Gasteiger partial charge on any atom is -0.379 e. The van der Waals surface area contributed by atoms with Crippen LogP contribution >= 0.6 is 0 Å². The number of benzene rings is 2. The van der Waals surface area contributed by atoms with Gasteiger partial charge in [-0.3, -0.25) is 0 Å². The molecule has 2 aromatic carbocycles. The van der Waals surface area contributed by atoms with E-state index in [4.69, 9.17) is 4.99 Å². The smallest absolute Gasteiger partial charge is 0.0953 e. The summed E-state index contributed by atoms with van der Waals surface area (Å²) in [7, 11) is 0. The van der Waals surface area contributed by atoms with E-state index in [2.05, 4.69) is 41.7 Å². The molecule has 2 heteroatoms. The predicted octanol–water partition coefficient (Wildman–Crippen LogP) is 1.44. The lowest BCUT2D eigenvalue weighted by molar-refractivity contribution is 1.35. The Bertz CT molecular complexity index is 804. The summed E-state index contributed by atoms with van der Waals surface area (Å²) in [6, 6.07) is 12.7. The molecule has 76 valence electrons. The minimum absolute atomic E-state index is 0.914. The van der Waals surface area contributed by atoms with E-state index in [0.717, 1.165) is 17.6 Å². The van der Waals surface area contributed by atoms with Gasteiger partial charge < -0.3 is 5.32 Å². The molecule has 0 radical (unpaired) electrons. The fraction of sp³-hybridized carbons (Fsp3) is 0.0714. The number of rotatable bonds is 0. The van der Waals surface area contributed by atoms with Crippen molar-refractivity contribution in [1.29, 1.82) is 0 Å². The highest BCUT2D eigenvalue weighted by Crippen LogP contribution is 2.26. The maximum Gasteiger partial charge on any atom is 0.0953 e. The lowest BCUT2D eigenvalue weighted by Gasteiger charge is -2.01. The number of anilines is 1.